The number of amides is 2. The number of fused-ring (bicyclic) bond motifs is 1. The van der Waals surface area contributed by atoms with Crippen molar-refractivity contribution < 1.29 is 19.1 Å². The lowest BCUT2D eigenvalue weighted by atomic mass is 10.0. The fraction of sp³-hybridized carbons (Fsp3) is 0.222. The number of carbonyl (C=O) groups excluding carboxylic acids is 2. The molecular formula is C18H16ClFN2O3. The average molecular weight is 363 g/mol. The van der Waals surface area contributed by atoms with Crippen molar-refractivity contribution in [3.63, 3.8) is 0 Å². The van der Waals surface area contributed by atoms with E-state index < -0.39 is 23.7 Å². The van der Waals surface area contributed by atoms with Crippen molar-refractivity contribution >= 4 is 29.1 Å². The van der Waals surface area contributed by atoms with E-state index in [1.54, 1.807) is 0 Å². The van der Waals surface area contributed by atoms with Gasteiger partial charge >= 0.3 is 11.8 Å². The van der Waals surface area contributed by atoms with Gasteiger partial charge in [-0.25, -0.2) is 4.39 Å². The van der Waals surface area contributed by atoms with E-state index in [4.69, 9.17) is 11.6 Å². The second kappa shape index (κ2) is 7.21. The number of halogens is 2. The normalized spacial score (nSPS) is 18.5. The van der Waals surface area contributed by atoms with Gasteiger partial charge in [0, 0.05) is 18.2 Å². The zero-order chi connectivity index (χ0) is 18.0. The quantitative estimate of drug-likeness (QED) is 0.734. The van der Waals surface area contributed by atoms with Crippen LogP contribution in [0.4, 0.5) is 10.1 Å². The van der Waals surface area contributed by atoms with Crippen LogP contribution in [0.5, 0.6) is 0 Å². The summed E-state index contributed by atoms with van der Waals surface area (Å²) in [5.74, 6) is -2.65. The summed E-state index contributed by atoms with van der Waals surface area (Å²) in [5, 5.41) is 14.5. The van der Waals surface area contributed by atoms with Crippen LogP contribution in [0.15, 0.2) is 42.5 Å². The molecule has 0 saturated heterocycles. The van der Waals surface area contributed by atoms with Crippen molar-refractivity contribution in [2.24, 2.45) is 5.92 Å². The van der Waals surface area contributed by atoms with E-state index in [2.05, 4.69) is 10.6 Å². The van der Waals surface area contributed by atoms with Crippen LogP contribution < -0.4 is 10.6 Å². The summed E-state index contributed by atoms with van der Waals surface area (Å²) < 4.78 is 13.4. The number of carbonyl (C=O) groups is 2. The zero-order valence-corrected chi connectivity index (χ0v) is 13.9. The van der Waals surface area contributed by atoms with E-state index in [0.717, 1.165) is 17.2 Å². The molecule has 5 nitrogen and oxygen atoms in total. The number of hydrogen-bond acceptors (Lipinski definition) is 3. The summed E-state index contributed by atoms with van der Waals surface area (Å²) in [6.07, 6.45) is 0.627. The number of hydrogen-bond donors (Lipinski definition) is 3. The Labute approximate surface area is 148 Å². The number of aliphatic hydroxyl groups is 1. The van der Waals surface area contributed by atoms with Crippen LogP contribution in [0, 0.1) is 11.7 Å². The van der Waals surface area contributed by atoms with Crippen molar-refractivity contribution in [1.82, 2.24) is 5.32 Å². The van der Waals surface area contributed by atoms with Crippen LogP contribution in [0.2, 0.25) is 5.02 Å². The van der Waals surface area contributed by atoms with Crippen LogP contribution in [-0.4, -0.2) is 23.5 Å². The van der Waals surface area contributed by atoms with E-state index in [-0.39, 0.29) is 23.2 Å². The van der Waals surface area contributed by atoms with Crippen molar-refractivity contribution in [3.8, 4) is 0 Å². The Kier molecular flexibility index (Phi) is 5.01. The highest BCUT2D eigenvalue weighted by atomic mass is 35.5. The summed E-state index contributed by atoms with van der Waals surface area (Å²) in [7, 11) is 0. The van der Waals surface area contributed by atoms with Gasteiger partial charge in [0.1, 0.15) is 5.82 Å². The first-order valence-corrected chi connectivity index (χ1v) is 8.13. The maximum absolute atomic E-state index is 13.4. The van der Waals surface area contributed by atoms with Gasteiger partial charge in [-0.15, -0.1) is 0 Å². The second-order valence-electron chi connectivity index (χ2n) is 5.88. The van der Waals surface area contributed by atoms with Crippen molar-refractivity contribution in [2.45, 2.75) is 12.5 Å². The Hall–Kier alpha value is -2.44. The fourth-order valence-electron chi connectivity index (χ4n) is 3.01. The maximum Gasteiger partial charge on any atom is 0.313 e. The topological polar surface area (TPSA) is 78.4 Å². The van der Waals surface area contributed by atoms with Crippen LogP contribution in [0.3, 0.4) is 0 Å². The lowest BCUT2D eigenvalue weighted by Crippen LogP contribution is -2.40. The highest BCUT2D eigenvalue weighted by molar-refractivity contribution is 6.39. The Morgan fingerprint density at radius 3 is 2.68 bits per heavy atom. The van der Waals surface area contributed by atoms with Crippen LogP contribution in [0.25, 0.3) is 0 Å². The first-order chi connectivity index (χ1) is 12.0. The molecule has 1 aliphatic rings. The summed E-state index contributed by atoms with van der Waals surface area (Å²) in [6, 6.07) is 10.8. The molecule has 3 N–H and O–H groups in total. The van der Waals surface area contributed by atoms with Gasteiger partial charge in [-0.1, -0.05) is 35.9 Å². The Bertz CT molecular complexity index is 828. The molecule has 2 amide bonds. The molecule has 130 valence electrons. The van der Waals surface area contributed by atoms with Crippen molar-refractivity contribution in [2.75, 3.05) is 11.9 Å². The summed E-state index contributed by atoms with van der Waals surface area (Å²) >= 11 is 5.58. The first kappa shape index (κ1) is 17.4. The molecule has 2 atom stereocenters. The predicted octanol–water partition coefficient (Wildman–Crippen LogP) is 2.44. The molecule has 0 aromatic heterocycles. The molecule has 0 bridgehead atoms. The number of rotatable bonds is 3. The predicted molar refractivity (Wildman–Crippen MR) is 91.6 cm³/mol. The highest BCUT2D eigenvalue weighted by Crippen LogP contribution is 2.35. The van der Waals surface area contributed by atoms with Gasteiger partial charge < -0.3 is 15.7 Å². The Morgan fingerprint density at radius 1 is 1.20 bits per heavy atom. The standard InChI is InChI=1S/C18H16ClFN2O3/c19-14-6-5-12(8-15(14)20)21-17(24)18(25)22-16-11(9-23)7-10-3-1-2-4-13(10)16/h1-6,8,11,16,23H,7,9H2,(H,21,24)(H,22,25)/t11-,16+/m0/s1. The van der Waals surface area contributed by atoms with Gasteiger partial charge in [-0.3, -0.25) is 9.59 Å². The number of benzene rings is 2. The van der Waals surface area contributed by atoms with Crippen LogP contribution in [-0.2, 0) is 16.0 Å². The molecule has 2 aromatic carbocycles. The van der Waals surface area contributed by atoms with Gasteiger partial charge in [0.2, 0.25) is 0 Å². The molecule has 0 aliphatic heterocycles. The molecule has 0 radical (unpaired) electrons. The smallest absolute Gasteiger partial charge is 0.313 e. The Balaban J connectivity index is 1.70. The minimum Gasteiger partial charge on any atom is -0.396 e. The van der Waals surface area contributed by atoms with Gasteiger partial charge in [-0.2, -0.15) is 0 Å². The molecular weight excluding hydrogens is 347 g/mol. The summed E-state index contributed by atoms with van der Waals surface area (Å²) in [5.41, 5.74) is 2.06. The lowest BCUT2D eigenvalue weighted by molar-refractivity contribution is -0.136. The maximum atomic E-state index is 13.4. The van der Waals surface area contributed by atoms with Gasteiger partial charge in [0.05, 0.1) is 11.1 Å². The molecule has 0 saturated carbocycles. The van der Waals surface area contributed by atoms with Crippen molar-refractivity contribution in [1.29, 1.82) is 0 Å². The molecule has 0 heterocycles. The molecule has 2 aromatic rings. The number of anilines is 1. The van der Waals surface area contributed by atoms with E-state index in [1.165, 1.54) is 12.1 Å². The fourth-order valence-corrected chi connectivity index (χ4v) is 3.13. The minimum absolute atomic E-state index is 0.0733. The largest absolute Gasteiger partial charge is 0.396 e. The third-order valence-corrected chi connectivity index (χ3v) is 4.55. The molecule has 0 spiro atoms. The third-order valence-electron chi connectivity index (χ3n) is 4.25. The third kappa shape index (κ3) is 3.65. The highest BCUT2D eigenvalue weighted by Gasteiger charge is 2.34. The molecule has 7 heteroatoms. The van der Waals surface area contributed by atoms with E-state index in [1.807, 2.05) is 24.3 Å². The number of aliphatic hydroxyl groups excluding tert-OH is 1. The monoisotopic (exact) mass is 362 g/mol. The molecule has 1 aliphatic carbocycles. The van der Waals surface area contributed by atoms with E-state index in [0.29, 0.717) is 6.42 Å². The SMILES string of the molecule is O=C(Nc1ccc(Cl)c(F)c1)C(=O)N[C@H]1c2ccccc2C[C@H]1CO. The summed E-state index contributed by atoms with van der Waals surface area (Å²) in [6.45, 7) is -0.107. The summed E-state index contributed by atoms with van der Waals surface area (Å²) in [4.78, 5) is 24.3. The first-order valence-electron chi connectivity index (χ1n) is 7.75. The van der Waals surface area contributed by atoms with Crippen LogP contribution >= 0.6 is 11.6 Å². The lowest BCUT2D eigenvalue weighted by Gasteiger charge is -2.20. The van der Waals surface area contributed by atoms with Crippen molar-refractivity contribution in [3.05, 3.63) is 64.4 Å². The molecule has 3 rings (SSSR count). The van der Waals surface area contributed by atoms with Gasteiger partial charge in [0.15, 0.2) is 0 Å². The molecule has 25 heavy (non-hydrogen) atoms. The molecule has 0 unspecified atom stereocenters. The minimum atomic E-state index is -0.914. The average Bonchev–Trinajstić information content (AvgIpc) is 2.96. The van der Waals surface area contributed by atoms with Gasteiger partial charge in [-0.05, 0) is 35.7 Å². The Morgan fingerprint density at radius 2 is 1.96 bits per heavy atom. The molecule has 0 fully saturated rings. The van der Waals surface area contributed by atoms with E-state index in [9.17, 15) is 19.1 Å². The van der Waals surface area contributed by atoms with E-state index >= 15 is 0 Å². The second-order valence-corrected chi connectivity index (χ2v) is 6.29. The van der Waals surface area contributed by atoms with Gasteiger partial charge in [0.25, 0.3) is 0 Å². The van der Waals surface area contributed by atoms with Crippen LogP contribution in [0.1, 0.15) is 17.2 Å². The number of nitrogens with one attached hydrogen (secondary N) is 2. The zero-order valence-electron chi connectivity index (χ0n) is 13.1.